The van der Waals surface area contributed by atoms with Crippen molar-refractivity contribution in [1.29, 1.82) is 0 Å². The number of imide groups is 1. The average molecular weight is 340 g/mol. The predicted octanol–water partition coefficient (Wildman–Crippen LogP) is 1.28. The molecule has 7 nitrogen and oxygen atoms in total. The molecule has 0 bridgehead atoms. The molecule has 126 valence electrons. The van der Waals surface area contributed by atoms with Crippen LogP contribution in [0.3, 0.4) is 0 Å². The number of hydrogen-bond acceptors (Lipinski definition) is 5. The van der Waals surface area contributed by atoms with Crippen molar-refractivity contribution >= 4 is 22.0 Å². The van der Waals surface area contributed by atoms with Crippen LogP contribution >= 0.6 is 0 Å². The summed E-state index contributed by atoms with van der Waals surface area (Å²) in [5.74, 6) is -0.546. The van der Waals surface area contributed by atoms with E-state index in [-0.39, 0.29) is 24.8 Å². The Kier molecular flexibility index (Phi) is 5.38. The van der Waals surface area contributed by atoms with Gasteiger partial charge >= 0.3 is 6.09 Å². The van der Waals surface area contributed by atoms with Gasteiger partial charge in [-0.15, -0.1) is 0 Å². The fourth-order valence-electron chi connectivity index (χ4n) is 2.34. The third-order valence-electron chi connectivity index (χ3n) is 3.28. The number of nitrogens with zero attached hydrogens (tertiary/aromatic N) is 1. The molecule has 0 spiro atoms. The number of hydrogen-bond donors (Lipinski definition) is 1. The minimum absolute atomic E-state index is 0.0330. The largest absolute Gasteiger partial charge is 0.439 e. The van der Waals surface area contributed by atoms with Crippen molar-refractivity contribution in [2.45, 2.75) is 19.9 Å². The zero-order chi connectivity index (χ0) is 17.0. The van der Waals surface area contributed by atoms with Gasteiger partial charge in [0.2, 0.25) is 10.0 Å². The van der Waals surface area contributed by atoms with E-state index in [1.807, 2.05) is 0 Å². The summed E-state index contributed by atoms with van der Waals surface area (Å²) in [6.07, 6.45) is -0.751. The number of carbonyl (C=O) groups is 2. The summed E-state index contributed by atoms with van der Waals surface area (Å²) in [6, 6.07) is 8.11. The second-order valence-electron chi connectivity index (χ2n) is 5.82. The van der Waals surface area contributed by atoms with Crippen molar-refractivity contribution in [2.75, 3.05) is 18.9 Å². The average Bonchev–Trinajstić information content (AvgIpc) is 2.77. The lowest BCUT2D eigenvalue weighted by Gasteiger charge is -2.23. The molecule has 0 aromatic heterocycles. The predicted molar refractivity (Wildman–Crippen MR) is 84.0 cm³/mol. The van der Waals surface area contributed by atoms with Crippen LogP contribution in [0.25, 0.3) is 0 Å². The van der Waals surface area contributed by atoms with Gasteiger partial charge in [-0.2, -0.15) is 0 Å². The second-order valence-corrected chi connectivity index (χ2v) is 7.61. The molecule has 1 N–H and O–H groups in total. The molecular formula is C15H20N2O5S. The maximum Gasteiger partial charge on any atom is 0.417 e. The molecular weight excluding hydrogens is 320 g/mol. The van der Waals surface area contributed by atoms with Gasteiger partial charge in [0.1, 0.15) is 0 Å². The van der Waals surface area contributed by atoms with Crippen molar-refractivity contribution < 1.29 is 22.7 Å². The second kappa shape index (κ2) is 7.10. The number of cyclic esters (lactones) is 1. The van der Waals surface area contributed by atoms with Gasteiger partial charge in [0.05, 0.1) is 18.3 Å². The molecule has 0 saturated carbocycles. The standard InChI is InChI=1S/C15H20N2O5S/c1-11(2)10-23(20,21)16-13(12-6-4-3-5-7-12)8-17-14(18)9-22-15(17)19/h3-7,11,13,16H,8-10H2,1-2H3. The van der Waals surface area contributed by atoms with Crippen molar-refractivity contribution in [3.05, 3.63) is 35.9 Å². The zero-order valence-corrected chi connectivity index (χ0v) is 13.9. The number of carbonyl (C=O) groups excluding carboxylic acids is 2. The van der Waals surface area contributed by atoms with Crippen LogP contribution in [0.2, 0.25) is 0 Å². The van der Waals surface area contributed by atoms with Crippen molar-refractivity contribution in [1.82, 2.24) is 9.62 Å². The third-order valence-corrected chi connectivity index (χ3v) is 5.03. The summed E-state index contributed by atoms with van der Waals surface area (Å²) in [4.78, 5) is 24.2. The molecule has 1 aliphatic rings. The van der Waals surface area contributed by atoms with Gasteiger partial charge in [0, 0.05) is 0 Å². The summed E-state index contributed by atoms with van der Waals surface area (Å²) in [5.41, 5.74) is 0.673. The minimum atomic E-state index is -3.54. The van der Waals surface area contributed by atoms with Crippen molar-refractivity contribution in [3.8, 4) is 0 Å². The van der Waals surface area contributed by atoms with Crippen molar-refractivity contribution in [2.24, 2.45) is 5.92 Å². The molecule has 8 heteroatoms. The Morgan fingerprint density at radius 2 is 1.87 bits per heavy atom. The summed E-state index contributed by atoms with van der Waals surface area (Å²) < 4.78 is 31.7. The summed E-state index contributed by atoms with van der Waals surface area (Å²) >= 11 is 0. The SMILES string of the molecule is CC(C)CS(=O)(=O)NC(CN1C(=O)COC1=O)c1ccccc1. The maximum absolute atomic E-state index is 12.2. The third kappa shape index (κ3) is 4.77. The molecule has 2 rings (SSSR count). The van der Waals surface area contributed by atoms with Crippen LogP contribution < -0.4 is 4.72 Å². The smallest absolute Gasteiger partial charge is 0.417 e. The summed E-state index contributed by atoms with van der Waals surface area (Å²) in [5, 5.41) is 0. The quantitative estimate of drug-likeness (QED) is 0.807. The van der Waals surface area contributed by atoms with Gasteiger partial charge in [-0.25, -0.2) is 22.8 Å². The highest BCUT2D eigenvalue weighted by Gasteiger charge is 2.34. The Labute approximate surface area is 135 Å². The van der Waals surface area contributed by atoms with E-state index in [0.717, 1.165) is 4.90 Å². The van der Waals surface area contributed by atoms with Crippen LogP contribution in [0.1, 0.15) is 25.5 Å². The van der Waals surface area contributed by atoms with Gasteiger partial charge in [0.15, 0.2) is 6.61 Å². The fourth-order valence-corrected chi connectivity index (χ4v) is 3.96. The minimum Gasteiger partial charge on any atom is -0.439 e. The summed E-state index contributed by atoms with van der Waals surface area (Å²) in [6.45, 7) is 3.20. The number of rotatable bonds is 7. The van der Waals surface area contributed by atoms with Crippen LogP contribution in [0.5, 0.6) is 0 Å². The van der Waals surface area contributed by atoms with E-state index in [2.05, 4.69) is 9.46 Å². The Balaban J connectivity index is 2.22. The molecule has 23 heavy (non-hydrogen) atoms. The van der Waals surface area contributed by atoms with Crippen LogP contribution in [0, 0.1) is 5.92 Å². The van der Waals surface area contributed by atoms with Crippen molar-refractivity contribution in [3.63, 3.8) is 0 Å². The van der Waals surface area contributed by atoms with Gasteiger partial charge < -0.3 is 4.74 Å². The van der Waals surface area contributed by atoms with E-state index in [0.29, 0.717) is 5.56 Å². The molecule has 1 atom stereocenters. The monoisotopic (exact) mass is 340 g/mol. The Morgan fingerprint density at radius 1 is 1.22 bits per heavy atom. The van der Waals surface area contributed by atoms with Gasteiger partial charge in [-0.05, 0) is 11.5 Å². The lowest BCUT2D eigenvalue weighted by molar-refractivity contribution is -0.126. The molecule has 2 amide bonds. The number of sulfonamides is 1. The molecule has 1 saturated heterocycles. The molecule has 1 fully saturated rings. The first-order chi connectivity index (χ1) is 10.8. The first kappa shape index (κ1) is 17.4. The highest BCUT2D eigenvalue weighted by atomic mass is 32.2. The lowest BCUT2D eigenvalue weighted by atomic mass is 10.1. The van der Waals surface area contributed by atoms with Crippen LogP contribution in [0.4, 0.5) is 4.79 Å². The molecule has 1 aromatic carbocycles. The van der Waals surface area contributed by atoms with Gasteiger partial charge in [0.25, 0.3) is 5.91 Å². The Bertz CT molecular complexity index is 656. The number of ether oxygens (including phenoxy) is 1. The molecule has 1 aliphatic heterocycles. The van der Waals surface area contributed by atoms with Gasteiger partial charge in [-0.3, -0.25) is 4.79 Å². The normalized spacial score (nSPS) is 16.7. The fraction of sp³-hybridized carbons (Fsp3) is 0.467. The first-order valence-electron chi connectivity index (χ1n) is 7.30. The zero-order valence-electron chi connectivity index (χ0n) is 13.1. The molecule has 1 unspecified atom stereocenters. The number of amides is 2. The van der Waals surface area contributed by atoms with E-state index in [1.165, 1.54) is 0 Å². The first-order valence-corrected chi connectivity index (χ1v) is 8.96. The van der Waals surface area contributed by atoms with E-state index >= 15 is 0 Å². The molecule has 0 radical (unpaired) electrons. The van der Waals surface area contributed by atoms with E-state index in [1.54, 1.807) is 44.2 Å². The maximum atomic E-state index is 12.2. The molecule has 1 heterocycles. The van der Waals surface area contributed by atoms with Crippen LogP contribution in [-0.2, 0) is 19.6 Å². The van der Waals surface area contributed by atoms with E-state index in [9.17, 15) is 18.0 Å². The molecule has 1 aromatic rings. The summed E-state index contributed by atoms with van der Waals surface area (Å²) in [7, 11) is -3.54. The Hall–Kier alpha value is -1.93. The number of benzene rings is 1. The van der Waals surface area contributed by atoms with Crippen LogP contribution in [-0.4, -0.2) is 44.2 Å². The highest BCUT2D eigenvalue weighted by molar-refractivity contribution is 7.89. The lowest BCUT2D eigenvalue weighted by Crippen LogP contribution is -2.41. The van der Waals surface area contributed by atoms with Gasteiger partial charge in [-0.1, -0.05) is 44.2 Å². The Morgan fingerprint density at radius 3 is 2.39 bits per heavy atom. The highest BCUT2D eigenvalue weighted by Crippen LogP contribution is 2.19. The topological polar surface area (TPSA) is 92.8 Å². The van der Waals surface area contributed by atoms with E-state index < -0.39 is 28.1 Å². The van der Waals surface area contributed by atoms with E-state index in [4.69, 9.17) is 0 Å². The van der Waals surface area contributed by atoms with Crippen LogP contribution in [0.15, 0.2) is 30.3 Å². The number of nitrogens with one attached hydrogen (secondary N) is 1. The molecule has 0 aliphatic carbocycles.